The molecule has 0 spiro atoms. The Morgan fingerprint density at radius 1 is 1.08 bits per heavy atom. The molecule has 190 valence electrons. The molecule has 0 fully saturated rings. The topological polar surface area (TPSA) is 61.4 Å². The third-order valence-corrected chi connectivity index (χ3v) is 6.67. The summed E-state index contributed by atoms with van der Waals surface area (Å²) in [6.45, 7) is 5.83. The first kappa shape index (κ1) is 25.5. The number of anilines is 2. The third-order valence-electron chi connectivity index (χ3n) is 6.67. The molecule has 36 heavy (non-hydrogen) atoms. The van der Waals surface area contributed by atoms with Crippen LogP contribution in [0.3, 0.4) is 0 Å². The van der Waals surface area contributed by atoms with Gasteiger partial charge in [0.25, 0.3) is 5.91 Å². The van der Waals surface area contributed by atoms with Gasteiger partial charge >= 0.3 is 6.18 Å². The normalized spacial score (nSPS) is 19.6. The Kier molecular flexibility index (Phi) is 6.49. The van der Waals surface area contributed by atoms with Crippen molar-refractivity contribution in [3.8, 4) is 0 Å². The van der Waals surface area contributed by atoms with Gasteiger partial charge in [0, 0.05) is 60.3 Å². The number of carbonyl (C=O) groups excluding carboxylic acids is 2. The Morgan fingerprint density at radius 2 is 1.75 bits per heavy atom. The molecule has 1 heterocycles. The lowest BCUT2D eigenvalue weighted by Gasteiger charge is -2.39. The Morgan fingerprint density at radius 3 is 2.36 bits per heavy atom. The molecule has 1 atom stereocenters. The average molecular weight is 498 g/mol. The van der Waals surface area contributed by atoms with Gasteiger partial charge in [-0.25, -0.2) is 0 Å². The average Bonchev–Trinajstić information content (AvgIpc) is 2.76. The molecular formula is C28H30F3N3O2. The molecule has 0 saturated heterocycles. The number of dihydropyridines is 1. The first-order valence-electron chi connectivity index (χ1n) is 11.8. The fraction of sp³-hybridized carbons (Fsp3) is 0.357. The number of hydrogen-bond donors (Lipinski definition) is 2. The van der Waals surface area contributed by atoms with Crippen LogP contribution in [0.2, 0.25) is 0 Å². The number of ketones is 1. The fourth-order valence-corrected chi connectivity index (χ4v) is 5.01. The Hall–Kier alpha value is -3.55. The van der Waals surface area contributed by atoms with Gasteiger partial charge in [-0.05, 0) is 54.7 Å². The molecule has 1 amide bonds. The number of carbonyl (C=O) groups is 2. The summed E-state index contributed by atoms with van der Waals surface area (Å²) < 4.78 is 39.6. The Labute approximate surface area is 209 Å². The summed E-state index contributed by atoms with van der Waals surface area (Å²) in [6.07, 6.45) is -3.53. The molecule has 0 bridgehead atoms. The van der Waals surface area contributed by atoms with Gasteiger partial charge in [-0.1, -0.05) is 32.0 Å². The van der Waals surface area contributed by atoms with Crippen molar-refractivity contribution in [2.24, 2.45) is 5.41 Å². The van der Waals surface area contributed by atoms with Crippen LogP contribution < -0.4 is 15.5 Å². The van der Waals surface area contributed by atoms with Crippen LogP contribution in [0.25, 0.3) is 0 Å². The first-order chi connectivity index (χ1) is 16.8. The zero-order chi connectivity index (χ0) is 26.4. The zero-order valence-corrected chi connectivity index (χ0v) is 21.0. The van der Waals surface area contributed by atoms with Crippen LogP contribution in [0, 0.1) is 5.41 Å². The number of Topliss-reactive ketones (excluding diaryl/α,β-unsaturated/α-hetero) is 1. The van der Waals surface area contributed by atoms with E-state index in [9.17, 15) is 22.8 Å². The van der Waals surface area contributed by atoms with Gasteiger partial charge in [0.1, 0.15) is 0 Å². The minimum absolute atomic E-state index is 0.0349. The lowest BCUT2D eigenvalue weighted by molar-refractivity contribution is -0.137. The van der Waals surface area contributed by atoms with Gasteiger partial charge in [0.15, 0.2) is 5.78 Å². The minimum Gasteiger partial charge on any atom is -0.378 e. The van der Waals surface area contributed by atoms with E-state index < -0.39 is 23.6 Å². The lowest BCUT2D eigenvalue weighted by Crippen LogP contribution is -2.39. The number of hydrogen-bond acceptors (Lipinski definition) is 4. The summed E-state index contributed by atoms with van der Waals surface area (Å²) in [6, 6.07) is 12.2. The summed E-state index contributed by atoms with van der Waals surface area (Å²) in [7, 11) is 3.84. The van der Waals surface area contributed by atoms with Gasteiger partial charge in [-0.2, -0.15) is 13.2 Å². The van der Waals surface area contributed by atoms with Crippen LogP contribution in [-0.2, 0) is 15.8 Å². The summed E-state index contributed by atoms with van der Waals surface area (Å²) >= 11 is 0. The maximum absolute atomic E-state index is 13.6. The van der Waals surface area contributed by atoms with Gasteiger partial charge in [0.05, 0.1) is 5.56 Å². The van der Waals surface area contributed by atoms with Crippen LogP contribution in [0.5, 0.6) is 0 Å². The predicted octanol–water partition coefficient (Wildman–Crippen LogP) is 6.01. The van der Waals surface area contributed by atoms with Crippen molar-refractivity contribution in [2.45, 2.75) is 45.7 Å². The number of benzene rings is 2. The molecule has 8 heteroatoms. The highest BCUT2D eigenvalue weighted by Gasteiger charge is 2.42. The first-order valence-corrected chi connectivity index (χ1v) is 11.8. The molecule has 2 aliphatic rings. The van der Waals surface area contributed by atoms with Crippen LogP contribution >= 0.6 is 0 Å². The number of amides is 1. The van der Waals surface area contributed by atoms with Crippen LogP contribution in [-0.4, -0.2) is 25.8 Å². The molecule has 0 saturated carbocycles. The number of halogens is 3. The van der Waals surface area contributed by atoms with E-state index in [-0.39, 0.29) is 16.9 Å². The minimum atomic E-state index is -4.53. The lowest BCUT2D eigenvalue weighted by atomic mass is 9.68. The van der Waals surface area contributed by atoms with Crippen LogP contribution in [0.1, 0.15) is 50.7 Å². The number of nitrogens with zero attached hydrogens (tertiary/aromatic N) is 1. The van der Waals surface area contributed by atoms with Crippen molar-refractivity contribution in [1.29, 1.82) is 0 Å². The van der Waals surface area contributed by atoms with Crippen molar-refractivity contribution < 1.29 is 22.8 Å². The molecule has 1 aliphatic carbocycles. The van der Waals surface area contributed by atoms with E-state index >= 15 is 0 Å². The molecule has 0 radical (unpaired) electrons. The highest BCUT2D eigenvalue weighted by molar-refractivity contribution is 6.10. The summed E-state index contributed by atoms with van der Waals surface area (Å²) in [4.78, 5) is 28.9. The van der Waals surface area contributed by atoms with Crippen LogP contribution in [0.15, 0.2) is 71.1 Å². The molecule has 2 N–H and O–H groups in total. The van der Waals surface area contributed by atoms with Gasteiger partial charge in [-0.15, -0.1) is 0 Å². The van der Waals surface area contributed by atoms with Gasteiger partial charge in [0.2, 0.25) is 0 Å². The fourth-order valence-electron chi connectivity index (χ4n) is 5.01. The van der Waals surface area contributed by atoms with E-state index in [0.29, 0.717) is 29.7 Å². The molecule has 4 rings (SSSR count). The predicted molar refractivity (Wildman–Crippen MR) is 134 cm³/mol. The molecular weight excluding hydrogens is 467 g/mol. The maximum Gasteiger partial charge on any atom is 0.416 e. The van der Waals surface area contributed by atoms with E-state index in [2.05, 4.69) is 10.6 Å². The zero-order valence-electron chi connectivity index (χ0n) is 21.0. The number of alkyl halides is 3. The van der Waals surface area contributed by atoms with Crippen molar-refractivity contribution in [1.82, 2.24) is 5.32 Å². The highest BCUT2D eigenvalue weighted by Crippen LogP contribution is 2.47. The van der Waals surface area contributed by atoms with Crippen molar-refractivity contribution in [2.75, 3.05) is 24.3 Å². The molecule has 2 aromatic rings. The van der Waals surface area contributed by atoms with E-state index in [0.717, 1.165) is 29.1 Å². The molecule has 1 aliphatic heterocycles. The Balaban J connectivity index is 1.78. The second kappa shape index (κ2) is 9.15. The number of nitrogens with one attached hydrogen (secondary N) is 2. The van der Waals surface area contributed by atoms with E-state index in [1.54, 1.807) is 6.92 Å². The van der Waals surface area contributed by atoms with Crippen molar-refractivity contribution in [3.05, 3.63) is 82.2 Å². The summed E-state index contributed by atoms with van der Waals surface area (Å²) in [5.41, 5.74) is 2.94. The largest absolute Gasteiger partial charge is 0.416 e. The third kappa shape index (κ3) is 5.03. The van der Waals surface area contributed by atoms with Crippen molar-refractivity contribution >= 4 is 23.1 Å². The number of rotatable bonds is 4. The van der Waals surface area contributed by atoms with E-state index in [4.69, 9.17) is 0 Å². The standard InChI is InChI=1S/C28H30F3N3O2/c1-16-23(26(36)33-19-8-6-7-18(13-19)28(29,30)31)24(17-9-11-20(12-10-17)34(4)5)25-21(32-16)14-27(2,3)15-22(25)35/h6-13,24,32H,14-15H2,1-5H3,(H,33,36)/t24-/m0/s1. The number of allylic oxidation sites excluding steroid dienone is 3. The van der Waals surface area contributed by atoms with Gasteiger partial charge in [-0.3, -0.25) is 9.59 Å². The van der Waals surface area contributed by atoms with Gasteiger partial charge < -0.3 is 15.5 Å². The highest BCUT2D eigenvalue weighted by atomic mass is 19.4. The van der Waals surface area contributed by atoms with E-state index in [1.165, 1.54) is 12.1 Å². The monoisotopic (exact) mass is 497 g/mol. The van der Waals surface area contributed by atoms with E-state index in [1.807, 2.05) is 57.1 Å². The summed E-state index contributed by atoms with van der Waals surface area (Å²) in [5.74, 6) is -1.22. The SMILES string of the molecule is CC1=C(C(=O)Nc2cccc(C(F)(F)F)c2)[C@H](c2ccc(N(C)C)cc2)C2=C(CC(C)(C)CC2=O)N1. The maximum atomic E-state index is 13.6. The smallest absolute Gasteiger partial charge is 0.378 e. The van der Waals surface area contributed by atoms with Crippen molar-refractivity contribution in [3.63, 3.8) is 0 Å². The quantitative estimate of drug-likeness (QED) is 0.543. The summed E-state index contributed by atoms with van der Waals surface area (Å²) in [5, 5.41) is 5.91. The second-order valence-electron chi connectivity index (χ2n) is 10.4. The Bertz CT molecular complexity index is 1270. The second-order valence-corrected chi connectivity index (χ2v) is 10.4. The molecule has 0 unspecified atom stereocenters. The molecule has 0 aromatic heterocycles. The molecule has 2 aromatic carbocycles. The molecule has 5 nitrogen and oxygen atoms in total. The van der Waals surface area contributed by atoms with Crippen LogP contribution in [0.4, 0.5) is 24.5 Å².